The van der Waals surface area contributed by atoms with Crippen molar-refractivity contribution >= 4 is 5.78 Å². The number of ketones is 1. The van der Waals surface area contributed by atoms with E-state index in [0.29, 0.717) is 17.6 Å². The van der Waals surface area contributed by atoms with Crippen molar-refractivity contribution in [3.63, 3.8) is 0 Å². The Bertz CT molecular complexity index is 420. The normalized spacial score (nSPS) is 20.4. The predicted molar refractivity (Wildman–Crippen MR) is 58.7 cm³/mol. The summed E-state index contributed by atoms with van der Waals surface area (Å²) in [5, 5.41) is 9.69. The molecule has 0 saturated carbocycles. The van der Waals surface area contributed by atoms with Gasteiger partial charge in [0.2, 0.25) is 0 Å². The van der Waals surface area contributed by atoms with Crippen molar-refractivity contribution in [2.75, 3.05) is 0 Å². The molecule has 0 saturated heterocycles. The van der Waals surface area contributed by atoms with Crippen molar-refractivity contribution in [2.45, 2.75) is 25.4 Å². The molecule has 1 N–H and O–H groups in total. The van der Waals surface area contributed by atoms with Crippen LogP contribution in [0.5, 0.6) is 0 Å². The van der Waals surface area contributed by atoms with E-state index >= 15 is 0 Å². The first kappa shape index (κ1) is 11.0. The van der Waals surface area contributed by atoms with Crippen LogP contribution in [-0.2, 0) is 0 Å². The van der Waals surface area contributed by atoms with Gasteiger partial charge >= 0.3 is 0 Å². The van der Waals surface area contributed by atoms with Gasteiger partial charge in [-0.3, -0.25) is 4.79 Å². The summed E-state index contributed by atoms with van der Waals surface area (Å²) in [7, 11) is 0. The van der Waals surface area contributed by atoms with Crippen LogP contribution >= 0.6 is 0 Å². The van der Waals surface area contributed by atoms with Crippen LogP contribution in [0.1, 0.15) is 29.6 Å². The van der Waals surface area contributed by atoms with Crippen molar-refractivity contribution in [2.24, 2.45) is 0 Å². The van der Waals surface area contributed by atoms with Crippen LogP contribution in [0.3, 0.4) is 0 Å². The largest absolute Gasteiger partial charge is 0.388 e. The average molecular weight is 220 g/mol. The van der Waals surface area contributed by atoms with E-state index in [1.165, 1.54) is 24.3 Å². The first-order valence-corrected chi connectivity index (χ1v) is 5.37. The summed E-state index contributed by atoms with van der Waals surface area (Å²) >= 11 is 0. The lowest BCUT2D eigenvalue weighted by atomic mass is 9.91. The van der Waals surface area contributed by atoms with E-state index in [0.717, 1.165) is 12.8 Å². The van der Waals surface area contributed by atoms with E-state index in [4.69, 9.17) is 0 Å². The van der Waals surface area contributed by atoms with Gasteiger partial charge in [-0.2, -0.15) is 0 Å². The molecule has 2 nitrogen and oxygen atoms in total. The minimum absolute atomic E-state index is 0.202. The molecule has 0 spiro atoms. The Morgan fingerprint density at radius 1 is 1.31 bits per heavy atom. The van der Waals surface area contributed by atoms with E-state index in [1.807, 2.05) is 0 Å². The van der Waals surface area contributed by atoms with E-state index in [9.17, 15) is 14.3 Å². The van der Waals surface area contributed by atoms with Crippen molar-refractivity contribution in [3.8, 4) is 0 Å². The van der Waals surface area contributed by atoms with E-state index in [-0.39, 0.29) is 11.6 Å². The van der Waals surface area contributed by atoms with Gasteiger partial charge in [0.05, 0.1) is 6.10 Å². The van der Waals surface area contributed by atoms with Crippen LogP contribution in [0.15, 0.2) is 35.9 Å². The molecule has 1 aromatic rings. The van der Waals surface area contributed by atoms with Gasteiger partial charge in [-0.05, 0) is 43.5 Å². The number of Topliss-reactive ketones (excluding diaryl/α,β-unsaturated/α-hetero) is 1. The lowest BCUT2D eigenvalue weighted by Gasteiger charge is -2.18. The Balaban J connectivity index is 2.24. The second kappa shape index (κ2) is 4.58. The Labute approximate surface area is 93.4 Å². The van der Waals surface area contributed by atoms with Crippen molar-refractivity contribution in [1.82, 2.24) is 0 Å². The summed E-state index contributed by atoms with van der Waals surface area (Å²) in [5.41, 5.74) is 0.867. The molecule has 84 valence electrons. The number of hydrogen-bond acceptors (Lipinski definition) is 2. The Hall–Kier alpha value is -1.48. The van der Waals surface area contributed by atoms with E-state index < -0.39 is 6.10 Å². The first-order chi connectivity index (χ1) is 7.68. The fourth-order valence-electron chi connectivity index (χ4n) is 1.87. The lowest BCUT2D eigenvalue weighted by molar-refractivity contribution is 0.0975. The Kier molecular flexibility index (Phi) is 3.15. The molecule has 0 bridgehead atoms. The average Bonchev–Trinajstić information content (AvgIpc) is 2.30. The van der Waals surface area contributed by atoms with Gasteiger partial charge in [0.15, 0.2) is 5.78 Å². The van der Waals surface area contributed by atoms with Crippen molar-refractivity contribution < 1.29 is 14.3 Å². The molecule has 1 atom stereocenters. The summed E-state index contributed by atoms with van der Waals surface area (Å²) in [6.45, 7) is 0. The van der Waals surface area contributed by atoms with Crippen molar-refractivity contribution in [1.29, 1.82) is 0 Å². The zero-order chi connectivity index (χ0) is 11.5. The maximum absolute atomic E-state index is 12.7. The van der Waals surface area contributed by atoms with Crippen LogP contribution in [0.4, 0.5) is 4.39 Å². The van der Waals surface area contributed by atoms with Crippen LogP contribution in [0.2, 0.25) is 0 Å². The number of rotatable bonds is 2. The summed E-state index contributed by atoms with van der Waals surface area (Å²) in [6.07, 6.45) is 3.45. The molecule has 0 unspecified atom stereocenters. The molecule has 1 aliphatic rings. The second-order valence-electron chi connectivity index (χ2n) is 3.94. The van der Waals surface area contributed by atoms with Gasteiger partial charge in [0.1, 0.15) is 5.82 Å². The van der Waals surface area contributed by atoms with Gasteiger partial charge in [-0.25, -0.2) is 4.39 Å². The highest BCUT2D eigenvalue weighted by Gasteiger charge is 2.22. The third kappa shape index (κ3) is 2.19. The number of hydrogen-bond donors (Lipinski definition) is 1. The van der Waals surface area contributed by atoms with Crippen LogP contribution in [0, 0.1) is 5.82 Å². The molecule has 1 aliphatic carbocycles. The number of benzene rings is 1. The van der Waals surface area contributed by atoms with E-state index in [1.54, 1.807) is 6.08 Å². The standard InChI is InChI=1S/C13H13FO2/c14-10-7-5-9(6-8-10)13(16)11-3-1-2-4-12(11)15/h3,5-8,12,15H,1-2,4H2/t12-/m0/s1. The van der Waals surface area contributed by atoms with Crippen molar-refractivity contribution in [3.05, 3.63) is 47.3 Å². The summed E-state index contributed by atoms with van der Waals surface area (Å²) in [4.78, 5) is 12.0. The fourth-order valence-corrected chi connectivity index (χ4v) is 1.87. The number of aliphatic hydroxyl groups excluding tert-OH is 1. The smallest absolute Gasteiger partial charge is 0.191 e. The van der Waals surface area contributed by atoms with Gasteiger partial charge in [-0.1, -0.05) is 6.08 Å². The number of carbonyl (C=O) groups is 1. The third-order valence-electron chi connectivity index (χ3n) is 2.77. The minimum atomic E-state index is -0.675. The molecular weight excluding hydrogens is 207 g/mol. The monoisotopic (exact) mass is 220 g/mol. The Morgan fingerprint density at radius 3 is 2.62 bits per heavy atom. The molecule has 3 heteroatoms. The van der Waals surface area contributed by atoms with Crippen LogP contribution < -0.4 is 0 Å². The number of carbonyl (C=O) groups excluding carboxylic acids is 1. The molecule has 0 amide bonds. The first-order valence-electron chi connectivity index (χ1n) is 5.37. The quantitative estimate of drug-likeness (QED) is 0.777. The number of aliphatic hydroxyl groups is 1. The number of halogens is 1. The maximum Gasteiger partial charge on any atom is 0.191 e. The highest BCUT2D eigenvalue weighted by molar-refractivity contribution is 6.09. The SMILES string of the molecule is O=C(C1=CCCC[C@@H]1O)c1ccc(F)cc1. The van der Waals surface area contributed by atoms with Crippen LogP contribution in [-0.4, -0.2) is 17.0 Å². The predicted octanol–water partition coefficient (Wildman–Crippen LogP) is 2.48. The minimum Gasteiger partial charge on any atom is -0.388 e. The second-order valence-corrected chi connectivity index (χ2v) is 3.94. The maximum atomic E-state index is 12.7. The zero-order valence-corrected chi connectivity index (χ0v) is 8.82. The Morgan fingerprint density at radius 2 is 2.00 bits per heavy atom. The summed E-state index contributed by atoms with van der Waals surface area (Å²) in [6, 6.07) is 5.39. The van der Waals surface area contributed by atoms with Gasteiger partial charge < -0.3 is 5.11 Å². The summed E-state index contributed by atoms with van der Waals surface area (Å²) in [5.74, 6) is -0.568. The lowest BCUT2D eigenvalue weighted by Crippen LogP contribution is -2.20. The molecule has 2 rings (SSSR count). The molecule has 1 aromatic carbocycles. The zero-order valence-electron chi connectivity index (χ0n) is 8.82. The third-order valence-corrected chi connectivity index (χ3v) is 2.77. The molecule has 16 heavy (non-hydrogen) atoms. The molecule has 0 aromatic heterocycles. The van der Waals surface area contributed by atoms with E-state index in [2.05, 4.69) is 0 Å². The van der Waals surface area contributed by atoms with Gasteiger partial charge in [0, 0.05) is 11.1 Å². The van der Waals surface area contributed by atoms with Crippen LogP contribution in [0.25, 0.3) is 0 Å². The fraction of sp³-hybridized carbons (Fsp3) is 0.308. The molecule has 0 fully saturated rings. The molecule has 0 radical (unpaired) electrons. The highest BCUT2D eigenvalue weighted by Crippen LogP contribution is 2.22. The summed E-state index contributed by atoms with van der Waals surface area (Å²) < 4.78 is 12.7. The highest BCUT2D eigenvalue weighted by atomic mass is 19.1. The molecular formula is C13H13FO2. The van der Waals surface area contributed by atoms with Gasteiger partial charge in [-0.15, -0.1) is 0 Å². The molecule has 0 aliphatic heterocycles. The van der Waals surface area contributed by atoms with Gasteiger partial charge in [0.25, 0.3) is 0 Å². The topological polar surface area (TPSA) is 37.3 Å². The molecule has 0 heterocycles. The number of allylic oxidation sites excluding steroid dienone is 1.